The first-order valence-corrected chi connectivity index (χ1v) is 5.51. The minimum absolute atomic E-state index is 0. The average Bonchev–Trinajstić information content (AvgIpc) is 2.39. The molecule has 1 saturated heterocycles. The zero-order valence-corrected chi connectivity index (χ0v) is 11.0. The second-order valence-electron chi connectivity index (χ2n) is 3.82. The first-order chi connectivity index (χ1) is 7.85. The van der Waals surface area contributed by atoms with Gasteiger partial charge in [-0.15, -0.1) is 12.4 Å². The Labute approximate surface area is 108 Å². The number of hydrogen-bond acceptors (Lipinski definition) is 4. The van der Waals surface area contributed by atoms with E-state index in [2.05, 4.69) is 16.7 Å². The molecule has 0 radical (unpaired) electrons. The third-order valence-electron chi connectivity index (χ3n) is 2.86. The molecule has 1 aromatic rings. The van der Waals surface area contributed by atoms with Crippen molar-refractivity contribution in [3.05, 3.63) is 23.8 Å². The normalized spacial score (nSPS) is 19.3. The Kier molecular flexibility index (Phi) is 5.55. The molecule has 0 amide bonds. The Morgan fingerprint density at radius 3 is 2.59 bits per heavy atom. The molecule has 1 aliphatic heterocycles. The molecule has 0 bridgehead atoms. The van der Waals surface area contributed by atoms with Crippen LogP contribution in [-0.2, 0) is 0 Å². The molecule has 0 spiro atoms. The van der Waals surface area contributed by atoms with Crippen molar-refractivity contribution in [1.29, 1.82) is 0 Å². The van der Waals surface area contributed by atoms with Crippen LogP contribution in [0.2, 0.25) is 0 Å². The third kappa shape index (κ3) is 3.25. The number of nitrogens with one attached hydrogen (secondary N) is 2. The maximum Gasteiger partial charge on any atom is 0.127 e. The van der Waals surface area contributed by atoms with E-state index >= 15 is 0 Å². The van der Waals surface area contributed by atoms with Crippen LogP contribution in [0, 0.1) is 0 Å². The fraction of sp³-hybridized carbons (Fsp3) is 0.500. The standard InChI is InChI=1S/C12H18N2O2.ClH/c1-15-9-3-4-10(12(7-9)16-2)11-8-13-5-6-14-11;/h3-4,7,11,13-14H,5-6,8H2,1-2H3;1H/t11-;/m0./s1. The number of methoxy groups -OCH3 is 2. The highest BCUT2D eigenvalue weighted by molar-refractivity contribution is 5.85. The summed E-state index contributed by atoms with van der Waals surface area (Å²) in [5.74, 6) is 1.70. The van der Waals surface area contributed by atoms with Crippen molar-refractivity contribution in [2.45, 2.75) is 6.04 Å². The molecule has 2 rings (SSSR count). The van der Waals surface area contributed by atoms with Crippen molar-refractivity contribution in [3.8, 4) is 11.5 Å². The number of ether oxygens (including phenoxy) is 2. The van der Waals surface area contributed by atoms with Crippen LogP contribution in [0.3, 0.4) is 0 Å². The van der Waals surface area contributed by atoms with Crippen molar-refractivity contribution in [1.82, 2.24) is 10.6 Å². The van der Waals surface area contributed by atoms with Gasteiger partial charge in [-0.25, -0.2) is 0 Å². The molecular weight excluding hydrogens is 240 g/mol. The second-order valence-corrected chi connectivity index (χ2v) is 3.82. The summed E-state index contributed by atoms with van der Waals surface area (Å²) in [7, 11) is 3.35. The maximum absolute atomic E-state index is 5.39. The minimum Gasteiger partial charge on any atom is -0.497 e. The Hall–Kier alpha value is -0.970. The van der Waals surface area contributed by atoms with Gasteiger partial charge in [0, 0.05) is 37.3 Å². The Bertz CT molecular complexity index is 354. The number of benzene rings is 1. The van der Waals surface area contributed by atoms with Gasteiger partial charge in [-0.2, -0.15) is 0 Å². The van der Waals surface area contributed by atoms with Gasteiger partial charge >= 0.3 is 0 Å². The molecule has 0 unspecified atom stereocenters. The van der Waals surface area contributed by atoms with E-state index in [1.54, 1.807) is 14.2 Å². The average molecular weight is 259 g/mol. The van der Waals surface area contributed by atoms with Crippen molar-refractivity contribution >= 4 is 12.4 Å². The van der Waals surface area contributed by atoms with Crippen LogP contribution in [0.15, 0.2) is 18.2 Å². The van der Waals surface area contributed by atoms with Crippen LogP contribution in [0.4, 0.5) is 0 Å². The van der Waals surface area contributed by atoms with Crippen molar-refractivity contribution < 1.29 is 9.47 Å². The topological polar surface area (TPSA) is 42.5 Å². The fourth-order valence-corrected chi connectivity index (χ4v) is 1.98. The van der Waals surface area contributed by atoms with Gasteiger partial charge in [-0.3, -0.25) is 0 Å². The van der Waals surface area contributed by atoms with E-state index in [0.717, 1.165) is 31.1 Å². The molecule has 2 N–H and O–H groups in total. The first kappa shape index (κ1) is 14.1. The monoisotopic (exact) mass is 258 g/mol. The van der Waals surface area contributed by atoms with Crippen LogP contribution in [0.5, 0.6) is 11.5 Å². The molecular formula is C12H19ClN2O2. The molecule has 0 saturated carbocycles. The number of rotatable bonds is 3. The van der Waals surface area contributed by atoms with Gasteiger partial charge in [0.2, 0.25) is 0 Å². The summed E-state index contributed by atoms with van der Waals surface area (Å²) in [6.07, 6.45) is 0. The molecule has 5 heteroatoms. The zero-order chi connectivity index (χ0) is 11.4. The van der Waals surface area contributed by atoms with E-state index in [9.17, 15) is 0 Å². The van der Waals surface area contributed by atoms with Crippen LogP contribution in [-0.4, -0.2) is 33.9 Å². The smallest absolute Gasteiger partial charge is 0.127 e. The van der Waals surface area contributed by atoms with Gasteiger partial charge in [0.05, 0.1) is 14.2 Å². The van der Waals surface area contributed by atoms with E-state index in [0.29, 0.717) is 6.04 Å². The molecule has 17 heavy (non-hydrogen) atoms. The molecule has 1 fully saturated rings. The van der Waals surface area contributed by atoms with Gasteiger partial charge in [-0.05, 0) is 6.07 Å². The van der Waals surface area contributed by atoms with Crippen molar-refractivity contribution in [2.24, 2.45) is 0 Å². The molecule has 1 atom stereocenters. The third-order valence-corrected chi connectivity index (χ3v) is 2.86. The Morgan fingerprint density at radius 2 is 2.00 bits per heavy atom. The summed E-state index contributed by atoms with van der Waals surface area (Å²) in [4.78, 5) is 0. The number of halogens is 1. The molecule has 0 aromatic heterocycles. The van der Waals surface area contributed by atoms with Crippen molar-refractivity contribution in [2.75, 3.05) is 33.9 Å². The molecule has 4 nitrogen and oxygen atoms in total. The summed E-state index contributed by atoms with van der Waals surface area (Å²) in [6, 6.07) is 6.26. The highest BCUT2D eigenvalue weighted by Crippen LogP contribution is 2.29. The lowest BCUT2D eigenvalue weighted by atomic mass is 10.0. The summed E-state index contributed by atoms with van der Waals surface area (Å²) in [6.45, 7) is 2.94. The minimum atomic E-state index is 0. The Balaban J connectivity index is 0.00000144. The highest BCUT2D eigenvalue weighted by Gasteiger charge is 2.18. The Morgan fingerprint density at radius 1 is 1.18 bits per heavy atom. The number of piperazine rings is 1. The van der Waals surface area contributed by atoms with Crippen molar-refractivity contribution in [3.63, 3.8) is 0 Å². The van der Waals surface area contributed by atoms with Crippen LogP contribution in [0.1, 0.15) is 11.6 Å². The quantitative estimate of drug-likeness (QED) is 0.859. The van der Waals surface area contributed by atoms with Gasteiger partial charge in [0.15, 0.2) is 0 Å². The lowest BCUT2D eigenvalue weighted by Crippen LogP contribution is -2.42. The molecule has 1 aliphatic rings. The fourth-order valence-electron chi connectivity index (χ4n) is 1.98. The lowest BCUT2D eigenvalue weighted by Gasteiger charge is -2.26. The highest BCUT2D eigenvalue weighted by atomic mass is 35.5. The van der Waals surface area contributed by atoms with E-state index in [4.69, 9.17) is 9.47 Å². The molecule has 1 aromatic carbocycles. The summed E-state index contributed by atoms with van der Waals surface area (Å²) in [5, 5.41) is 6.83. The summed E-state index contributed by atoms with van der Waals surface area (Å²) < 4.78 is 10.6. The van der Waals surface area contributed by atoms with Gasteiger partial charge in [0.1, 0.15) is 11.5 Å². The lowest BCUT2D eigenvalue weighted by molar-refractivity contribution is 0.373. The molecule has 1 heterocycles. The van der Waals surface area contributed by atoms with E-state index in [1.807, 2.05) is 12.1 Å². The van der Waals surface area contributed by atoms with Gasteiger partial charge in [0.25, 0.3) is 0 Å². The van der Waals surface area contributed by atoms with Crippen LogP contribution < -0.4 is 20.1 Å². The predicted octanol–water partition coefficient (Wildman–Crippen LogP) is 1.36. The van der Waals surface area contributed by atoms with Crippen LogP contribution in [0.25, 0.3) is 0 Å². The van der Waals surface area contributed by atoms with E-state index in [-0.39, 0.29) is 12.4 Å². The number of hydrogen-bond donors (Lipinski definition) is 2. The molecule has 0 aliphatic carbocycles. The van der Waals surface area contributed by atoms with Gasteiger partial charge in [-0.1, -0.05) is 6.07 Å². The first-order valence-electron chi connectivity index (χ1n) is 5.51. The zero-order valence-electron chi connectivity index (χ0n) is 10.2. The summed E-state index contributed by atoms with van der Waals surface area (Å²) >= 11 is 0. The van der Waals surface area contributed by atoms with E-state index in [1.165, 1.54) is 5.56 Å². The SMILES string of the molecule is COc1ccc([C@@H]2CNCCN2)c(OC)c1.Cl. The summed E-state index contributed by atoms with van der Waals surface area (Å²) in [5.41, 5.74) is 1.18. The second kappa shape index (κ2) is 6.69. The van der Waals surface area contributed by atoms with Crippen LogP contribution >= 0.6 is 12.4 Å². The molecule has 96 valence electrons. The largest absolute Gasteiger partial charge is 0.497 e. The van der Waals surface area contributed by atoms with Gasteiger partial charge < -0.3 is 20.1 Å². The maximum atomic E-state index is 5.39. The van der Waals surface area contributed by atoms with E-state index < -0.39 is 0 Å². The predicted molar refractivity (Wildman–Crippen MR) is 70.4 cm³/mol.